The number of nitrogens with zero attached hydrogens (tertiary/aromatic N) is 2. The van der Waals surface area contributed by atoms with Crippen molar-refractivity contribution in [2.75, 3.05) is 12.0 Å². The van der Waals surface area contributed by atoms with Crippen molar-refractivity contribution in [1.82, 2.24) is 9.97 Å². The van der Waals surface area contributed by atoms with Gasteiger partial charge in [0.1, 0.15) is 17.1 Å². The van der Waals surface area contributed by atoms with E-state index in [1.807, 2.05) is 31.4 Å². The first kappa shape index (κ1) is 11.7. The van der Waals surface area contributed by atoms with Crippen LogP contribution in [0.4, 0.5) is 5.69 Å². The van der Waals surface area contributed by atoms with Crippen molar-refractivity contribution in [3.63, 3.8) is 0 Å². The molecule has 17 heavy (non-hydrogen) atoms. The summed E-state index contributed by atoms with van der Waals surface area (Å²) in [6, 6.07) is 7.36. The number of aromatic nitrogens is 2. The van der Waals surface area contributed by atoms with E-state index in [0.29, 0.717) is 11.6 Å². The second kappa shape index (κ2) is 5.05. The Balaban J connectivity index is 2.28. The van der Waals surface area contributed by atoms with Crippen LogP contribution in [0.5, 0.6) is 11.6 Å². The first-order valence-electron chi connectivity index (χ1n) is 5.09. The summed E-state index contributed by atoms with van der Waals surface area (Å²) in [7, 11) is 0. The summed E-state index contributed by atoms with van der Waals surface area (Å²) in [5.41, 5.74) is 7.44. The molecular formula is C12H13N3OS. The maximum atomic E-state index is 5.81. The van der Waals surface area contributed by atoms with E-state index in [4.69, 9.17) is 10.5 Å². The standard InChI is InChI=1S/C12H13N3OS/c1-8-9(13)4-3-5-10(8)16-11-6-12(17-2)15-7-14-11/h3-7H,13H2,1-2H3. The Morgan fingerprint density at radius 1 is 1.29 bits per heavy atom. The molecule has 0 aliphatic rings. The minimum atomic E-state index is 0.526. The maximum Gasteiger partial charge on any atom is 0.223 e. The molecule has 4 nitrogen and oxygen atoms in total. The highest BCUT2D eigenvalue weighted by atomic mass is 32.2. The lowest BCUT2D eigenvalue weighted by atomic mass is 10.2. The van der Waals surface area contributed by atoms with Gasteiger partial charge in [0.15, 0.2) is 0 Å². The molecule has 0 aliphatic carbocycles. The topological polar surface area (TPSA) is 61.0 Å². The van der Waals surface area contributed by atoms with Gasteiger partial charge in [-0.1, -0.05) is 6.07 Å². The van der Waals surface area contributed by atoms with Crippen LogP contribution in [0.25, 0.3) is 0 Å². The average Bonchev–Trinajstić information content (AvgIpc) is 2.35. The van der Waals surface area contributed by atoms with Crippen molar-refractivity contribution in [3.05, 3.63) is 36.2 Å². The number of ether oxygens (including phenoxy) is 1. The Bertz CT molecular complexity index is 531. The van der Waals surface area contributed by atoms with Crippen LogP contribution < -0.4 is 10.5 Å². The van der Waals surface area contributed by atoms with E-state index in [1.54, 1.807) is 17.8 Å². The van der Waals surface area contributed by atoms with Gasteiger partial charge in [0.25, 0.3) is 0 Å². The summed E-state index contributed by atoms with van der Waals surface area (Å²) in [4.78, 5) is 8.15. The second-order valence-electron chi connectivity index (χ2n) is 3.47. The molecule has 0 amide bonds. The predicted octanol–water partition coefficient (Wildman–Crippen LogP) is 2.88. The molecule has 5 heteroatoms. The quantitative estimate of drug-likeness (QED) is 0.513. The highest BCUT2D eigenvalue weighted by Crippen LogP contribution is 2.28. The van der Waals surface area contributed by atoms with Crippen molar-refractivity contribution in [3.8, 4) is 11.6 Å². The lowest BCUT2D eigenvalue weighted by Gasteiger charge is -2.09. The number of nitrogens with two attached hydrogens (primary N) is 1. The van der Waals surface area contributed by atoms with Crippen LogP contribution in [0.15, 0.2) is 35.6 Å². The van der Waals surface area contributed by atoms with E-state index < -0.39 is 0 Å². The van der Waals surface area contributed by atoms with E-state index in [-0.39, 0.29) is 0 Å². The Labute approximate surface area is 104 Å². The van der Waals surface area contributed by atoms with Gasteiger partial charge in [-0.15, -0.1) is 11.8 Å². The normalized spacial score (nSPS) is 10.2. The Morgan fingerprint density at radius 3 is 2.88 bits per heavy atom. The van der Waals surface area contributed by atoms with Crippen LogP contribution >= 0.6 is 11.8 Å². The van der Waals surface area contributed by atoms with Crippen molar-refractivity contribution in [1.29, 1.82) is 0 Å². The van der Waals surface area contributed by atoms with E-state index in [1.165, 1.54) is 6.33 Å². The van der Waals surface area contributed by atoms with Gasteiger partial charge < -0.3 is 10.5 Å². The molecule has 1 aromatic carbocycles. The highest BCUT2D eigenvalue weighted by molar-refractivity contribution is 7.98. The summed E-state index contributed by atoms with van der Waals surface area (Å²) >= 11 is 1.55. The van der Waals surface area contributed by atoms with Gasteiger partial charge in [-0.25, -0.2) is 9.97 Å². The van der Waals surface area contributed by atoms with E-state index >= 15 is 0 Å². The molecule has 0 saturated carbocycles. The first-order chi connectivity index (χ1) is 8.20. The summed E-state index contributed by atoms with van der Waals surface area (Å²) in [5, 5.41) is 0.872. The fourth-order valence-corrected chi connectivity index (χ4v) is 1.72. The molecule has 88 valence electrons. The van der Waals surface area contributed by atoms with Crippen molar-refractivity contribution < 1.29 is 4.74 Å². The van der Waals surface area contributed by atoms with E-state index in [2.05, 4.69) is 9.97 Å². The monoisotopic (exact) mass is 247 g/mol. The maximum absolute atomic E-state index is 5.81. The lowest BCUT2D eigenvalue weighted by Crippen LogP contribution is -1.95. The molecule has 2 aromatic rings. The Hall–Kier alpha value is -1.75. The molecule has 0 fully saturated rings. The molecule has 2 N–H and O–H groups in total. The van der Waals surface area contributed by atoms with E-state index in [0.717, 1.165) is 16.3 Å². The van der Waals surface area contributed by atoms with Crippen molar-refractivity contribution in [2.45, 2.75) is 11.9 Å². The molecule has 0 unspecified atom stereocenters. The molecule has 1 aromatic heterocycles. The summed E-state index contributed by atoms with van der Waals surface area (Å²) < 4.78 is 5.69. The Kier molecular flexibility index (Phi) is 3.49. The third-order valence-corrected chi connectivity index (χ3v) is 3.01. The zero-order chi connectivity index (χ0) is 12.3. The molecule has 0 radical (unpaired) electrons. The van der Waals surface area contributed by atoms with Crippen molar-refractivity contribution >= 4 is 17.4 Å². The van der Waals surface area contributed by atoms with Crippen LogP contribution in [-0.2, 0) is 0 Å². The highest BCUT2D eigenvalue weighted by Gasteiger charge is 2.05. The molecule has 0 bridgehead atoms. The van der Waals surface area contributed by atoms with Crippen LogP contribution in [0, 0.1) is 6.92 Å². The molecule has 0 spiro atoms. The second-order valence-corrected chi connectivity index (χ2v) is 4.30. The van der Waals surface area contributed by atoms with Gasteiger partial charge in [-0.3, -0.25) is 0 Å². The number of anilines is 1. The number of hydrogen-bond donors (Lipinski definition) is 1. The van der Waals surface area contributed by atoms with Crippen LogP contribution in [0.3, 0.4) is 0 Å². The first-order valence-corrected chi connectivity index (χ1v) is 6.32. The van der Waals surface area contributed by atoms with Crippen LogP contribution in [0.1, 0.15) is 5.56 Å². The molecule has 0 aliphatic heterocycles. The number of hydrogen-bond acceptors (Lipinski definition) is 5. The summed E-state index contributed by atoms with van der Waals surface area (Å²) in [5.74, 6) is 1.24. The zero-order valence-corrected chi connectivity index (χ0v) is 10.5. The molecule has 2 rings (SSSR count). The number of benzene rings is 1. The number of rotatable bonds is 3. The average molecular weight is 247 g/mol. The van der Waals surface area contributed by atoms with Crippen LogP contribution in [0.2, 0.25) is 0 Å². The zero-order valence-electron chi connectivity index (χ0n) is 9.68. The van der Waals surface area contributed by atoms with Crippen molar-refractivity contribution in [2.24, 2.45) is 0 Å². The smallest absolute Gasteiger partial charge is 0.223 e. The molecular weight excluding hydrogens is 234 g/mol. The van der Waals surface area contributed by atoms with Crippen LogP contribution in [-0.4, -0.2) is 16.2 Å². The van der Waals surface area contributed by atoms with Gasteiger partial charge in [0.05, 0.1) is 0 Å². The fraction of sp³-hybridized carbons (Fsp3) is 0.167. The largest absolute Gasteiger partial charge is 0.439 e. The molecule has 0 saturated heterocycles. The van der Waals surface area contributed by atoms with Gasteiger partial charge in [0.2, 0.25) is 5.88 Å². The fourth-order valence-electron chi connectivity index (χ4n) is 1.34. The van der Waals surface area contributed by atoms with Gasteiger partial charge in [0, 0.05) is 17.3 Å². The van der Waals surface area contributed by atoms with Gasteiger partial charge >= 0.3 is 0 Å². The summed E-state index contributed by atoms with van der Waals surface area (Å²) in [6.45, 7) is 1.92. The minimum Gasteiger partial charge on any atom is -0.439 e. The Morgan fingerprint density at radius 2 is 2.12 bits per heavy atom. The number of thioether (sulfide) groups is 1. The number of nitrogen functional groups attached to an aromatic ring is 1. The van der Waals surface area contributed by atoms with E-state index in [9.17, 15) is 0 Å². The third-order valence-electron chi connectivity index (χ3n) is 2.37. The summed E-state index contributed by atoms with van der Waals surface area (Å²) in [6.07, 6.45) is 3.45. The van der Waals surface area contributed by atoms with Gasteiger partial charge in [-0.05, 0) is 25.3 Å². The van der Waals surface area contributed by atoms with Gasteiger partial charge in [-0.2, -0.15) is 0 Å². The molecule has 0 atom stereocenters. The SMILES string of the molecule is CSc1cc(Oc2cccc(N)c2C)ncn1. The predicted molar refractivity (Wildman–Crippen MR) is 69.5 cm³/mol. The third kappa shape index (κ3) is 2.68. The lowest BCUT2D eigenvalue weighted by molar-refractivity contribution is 0.456. The molecule has 1 heterocycles. The minimum absolute atomic E-state index is 0.526.